The first-order valence-corrected chi connectivity index (χ1v) is 4.89. The molecule has 0 unspecified atom stereocenters. The summed E-state index contributed by atoms with van der Waals surface area (Å²) in [5.74, 6) is -0.668. The van der Waals surface area contributed by atoms with Gasteiger partial charge in [-0.3, -0.25) is 0 Å². The van der Waals surface area contributed by atoms with Crippen LogP contribution in [0, 0.1) is 0 Å². The summed E-state index contributed by atoms with van der Waals surface area (Å²) in [6.07, 6.45) is 0. The third-order valence-electron chi connectivity index (χ3n) is 0.747. The van der Waals surface area contributed by atoms with Gasteiger partial charge in [-0.25, -0.2) is 8.42 Å². The van der Waals surface area contributed by atoms with Crippen molar-refractivity contribution in [1.82, 2.24) is 10.6 Å². The molecule has 0 aliphatic carbocycles. The van der Waals surface area contributed by atoms with Gasteiger partial charge in [-0.1, -0.05) is 0 Å². The van der Waals surface area contributed by atoms with E-state index in [1.165, 1.54) is 0 Å². The van der Waals surface area contributed by atoms with Gasteiger partial charge in [-0.2, -0.15) is 0 Å². The number of thiocarbonyl (C=S) groups is 1. The van der Waals surface area contributed by atoms with E-state index in [-0.39, 0.29) is 34.7 Å². The molecule has 0 heterocycles. The Morgan fingerprint density at radius 1 is 1.50 bits per heavy atom. The average molecular weight is 220 g/mol. The van der Waals surface area contributed by atoms with Crippen molar-refractivity contribution >= 4 is 27.4 Å². The summed E-state index contributed by atoms with van der Waals surface area (Å²) in [6.45, 7) is 2.39. The fourth-order valence-corrected chi connectivity index (χ4v) is 1.01. The standard InChI is InChI=1S/C4H10N2O3S2.Na/c1-2-5-4(10)6-3-11(7,8)9;/h2-3H2,1H3,(H2,5,6,10)(H,7,8,9);/q;+1/p-1. The van der Waals surface area contributed by atoms with E-state index in [2.05, 4.69) is 22.9 Å². The Hall–Kier alpha value is 0.600. The van der Waals surface area contributed by atoms with Crippen molar-refractivity contribution in [3.8, 4) is 0 Å². The zero-order valence-electron chi connectivity index (χ0n) is 6.96. The molecule has 0 aliphatic rings. The normalized spacial score (nSPS) is 9.83. The first kappa shape index (κ1) is 15.1. The van der Waals surface area contributed by atoms with Gasteiger partial charge in [0.15, 0.2) is 5.11 Å². The maximum Gasteiger partial charge on any atom is 1.00 e. The van der Waals surface area contributed by atoms with Crippen molar-refractivity contribution in [3.63, 3.8) is 0 Å². The van der Waals surface area contributed by atoms with Gasteiger partial charge in [0.2, 0.25) is 0 Å². The van der Waals surface area contributed by atoms with Gasteiger partial charge in [0.1, 0.15) is 16.0 Å². The van der Waals surface area contributed by atoms with Crippen molar-refractivity contribution < 1.29 is 42.5 Å². The van der Waals surface area contributed by atoms with Crippen molar-refractivity contribution in [2.75, 3.05) is 12.4 Å². The molecule has 0 amide bonds. The number of nitrogens with one attached hydrogen (secondary N) is 2. The van der Waals surface area contributed by atoms with Crippen LogP contribution in [0.15, 0.2) is 0 Å². The first-order chi connectivity index (χ1) is 4.95. The molecule has 0 radical (unpaired) electrons. The largest absolute Gasteiger partial charge is 1.00 e. The van der Waals surface area contributed by atoms with Gasteiger partial charge >= 0.3 is 29.6 Å². The minimum atomic E-state index is -4.23. The quantitative estimate of drug-likeness (QED) is 0.286. The van der Waals surface area contributed by atoms with Crippen LogP contribution in [0.4, 0.5) is 0 Å². The molecular formula is C4H9N2NaO3S2. The molecule has 12 heavy (non-hydrogen) atoms. The van der Waals surface area contributed by atoms with Gasteiger partial charge in [-0.05, 0) is 19.1 Å². The summed E-state index contributed by atoms with van der Waals surface area (Å²) in [7, 11) is -4.23. The molecule has 0 saturated heterocycles. The summed E-state index contributed by atoms with van der Waals surface area (Å²) in [5.41, 5.74) is 0. The van der Waals surface area contributed by atoms with Gasteiger partial charge in [-0.15, -0.1) is 0 Å². The molecule has 0 atom stereocenters. The van der Waals surface area contributed by atoms with E-state index in [1.807, 2.05) is 0 Å². The minimum Gasteiger partial charge on any atom is -0.747 e. The van der Waals surface area contributed by atoms with Gasteiger partial charge in [0.25, 0.3) is 0 Å². The fourth-order valence-electron chi connectivity index (χ4n) is 0.377. The fraction of sp³-hybridized carbons (Fsp3) is 0.750. The molecule has 0 saturated carbocycles. The SMILES string of the molecule is CCNC(=S)NCS(=O)(=O)[O-].[Na+]. The Bertz CT molecular complexity index is 228. The van der Waals surface area contributed by atoms with E-state index in [0.29, 0.717) is 6.54 Å². The minimum absolute atomic E-state index is 0. The monoisotopic (exact) mass is 220 g/mol. The predicted octanol–water partition coefficient (Wildman–Crippen LogP) is -4.02. The van der Waals surface area contributed by atoms with E-state index < -0.39 is 16.0 Å². The van der Waals surface area contributed by atoms with Crippen LogP contribution in [0.1, 0.15) is 6.92 Å². The molecule has 0 rings (SSSR count). The molecule has 0 aromatic heterocycles. The molecule has 66 valence electrons. The molecule has 0 aromatic carbocycles. The van der Waals surface area contributed by atoms with Crippen LogP contribution in [-0.2, 0) is 10.1 Å². The molecule has 0 bridgehead atoms. The van der Waals surface area contributed by atoms with Crippen molar-refractivity contribution in [2.45, 2.75) is 6.92 Å². The molecule has 5 nitrogen and oxygen atoms in total. The third kappa shape index (κ3) is 10.6. The number of hydrogen-bond donors (Lipinski definition) is 2. The second-order valence-corrected chi connectivity index (χ2v) is 3.55. The zero-order chi connectivity index (χ0) is 8.91. The zero-order valence-corrected chi connectivity index (χ0v) is 10.6. The molecule has 0 aromatic rings. The Labute approximate surface area is 99.3 Å². The van der Waals surface area contributed by atoms with Crippen LogP contribution in [0.5, 0.6) is 0 Å². The van der Waals surface area contributed by atoms with Crippen LogP contribution in [0.3, 0.4) is 0 Å². The second kappa shape index (κ2) is 7.05. The predicted molar refractivity (Wildman–Crippen MR) is 44.0 cm³/mol. The third-order valence-corrected chi connectivity index (χ3v) is 1.53. The van der Waals surface area contributed by atoms with E-state index in [9.17, 15) is 13.0 Å². The molecule has 8 heteroatoms. The Morgan fingerprint density at radius 3 is 2.33 bits per heavy atom. The summed E-state index contributed by atoms with van der Waals surface area (Å²) >= 11 is 4.60. The number of hydrogen-bond acceptors (Lipinski definition) is 4. The topological polar surface area (TPSA) is 81.3 Å². The van der Waals surface area contributed by atoms with Crippen molar-refractivity contribution in [1.29, 1.82) is 0 Å². The molecule has 0 fully saturated rings. The Balaban J connectivity index is 0. The second-order valence-electron chi connectivity index (χ2n) is 1.74. The Morgan fingerprint density at radius 2 is 2.00 bits per heavy atom. The van der Waals surface area contributed by atoms with Gasteiger partial charge in [0.05, 0.1) is 0 Å². The van der Waals surface area contributed by atoms with Crippen LogP contribution < -0.4 is 40.2 Å². The maximum atomic E-state index is 10.0. The van der Waals surface area contributed by atoms with Gasteiger partial charge < -0.3 is 15.2 Å². The molecular weight excluding hydrogens is 211 g/mol. The maximum absolute atomic E-state index is 10.0. The van der Waals surface area contributed by atoms with Gasteiger partial charge in [0, 0.05) is 6.54 Å². The smallest absolute Gasteiger partial charge is 0.747 e. The van der Waals surface area contributed by atoms with Crippen LogP contribution >= 0.6 is 12.2 Å². The summed E-state index contributed by atoms with van der Waals surface area (Å²) in [6, 6.07) is 0. The summed E-state index contributed by atoms with van der Waals surface area (Å²) < 4.78 is 30.1. The van der Waals surface area contributed by atoms with Crippen molar-refractivity contribution in [3.05, 3.63) is 0 Å². The van der Waals surface area contributed by atoms with E-state index in [1.54, 1.807) is 6.92 Å². The Kier molecular flexibility index (Phi) is 8.86. The summed E-state index contributed by atoms with van der Waals surface area (Å²) in [5, 5.41) is 5.05. The van der Waals surface area contributed by atoms with Crippen molar-refractivity contribution in [2.24, 2.45) is 0 Å². The average Bonchev–Trinajstić information content (AvgIpc) is 1.83. The van der Waals surface area contributed by atoms with Crippen LogP contribution in [0.25, 0.3) is 0 Å². The first-order valence-electron chi connectivity index (χ1n) is 2.91. The van der Waals surface area contributed by atoms with Crippen LogP contribution in [-0.4, -0.2) is 30.5 Å². The van der Waals surface area contributed by atoms with Crippen LogP contribution in [0.2, 0.25) is 0 Å². The van der Waals surface area contributed by atoms with E-state index in [0.717, 1.165) is 0 Å². The summed E-state index contributed by atoms with van der Waals surface area (Å²) in [4.78, 5) is 0. The molecule has 2 N–H and O–H groups in total. The molecule has 0 aliphatic heterocycles. The number of rotatable bonds is 3. The van der Waals surface area contributed by atoms with E-state index in [4.69, 9.17) is 0 Å². The molecule has 0 spiro atoms. The van der Waals surface area contributed by atoms with E-state index >= 15 is 0 Å².